The summed E-state index contributed by atoms with van der Waals surface area (Å²) >= 11 is 3.54. The number of halogens is 2. The molecule has 0 saturated carbocycles. The van der Waals surface area contributed by atoms with Gasteiger partial charge in [-0.15, -0.1) is 0 Å². The molecule has 2 nitrogen and oxygen atoms in total. The van der Waals surface area contributed by atoms with Gasteiger partial charge in [-0.2, -0.15) is 0 Å². The van der Waals surface area contributed by atoms with Crippen molar-refractivity contribution >= 4 is 15.9 Å². The highest BCUT2D eigenvalue weighted by atomic mass is 79.9. The monoisotopic (exact) mass is 326 g/mol. The summed E-state index contributed by atoms with van der Waals surface area (Å²) in [5, 5.41) is 3.50. The number of rotatable bonds is 3. The number of nitrogens with one attached hydrogen (secondary N) is 1. The van der Waals surface area contributed by atoms with Crippen LogP contribution in [0.1, 0.15) is 18.9 Å². The molecule has 2 aliphatic heterocycles. The molecule has 1 aromatic carbocycles. The Morgan fingerprint density at radius 3 is 3.05 bits per heavy atom. The van der Waals surface area contributed by atoms with E-state index in [4.69, 9.17) is 0 Å². The summed E-state index contributed by atoms with van der Waals surface area (Å²) in [5.41, 5.74) is 1.06. The van der Waals surface area contributed by atoms with Crippen LogP contribution < -0.4 is 5.32 Å². The van der Waals surface area contributed by atoms with Crippen LogP contribution in [0.25, 0.3) is 0 Å². The lowest BCUT2D eigenvalue weighted by Gasteiger charge is -2.27. The SMILES string of the molecule is CCC1C2CNCC2CN1Cc1cc(F)ccc1Br. The molecule has 2 heterocycles. The van der Waals surface area contributed by atoms with E-state index in [9.17, 15) is 4.39 Å². The van der Waals surface area contributed by atoms with Gasteiger partial charge in [-0.3, -0.25) is 4.90 Å². The minimum atomic E-state index is -0.146. The van der Waals surface area contributed by atoms with Crippen molar-refractivity contribution in [3.05, 3.63) is 34.1 Å². The fourth-order valence-electron chi connectivity index (χ4n) is 3.74. The maximum atomic E-state index is 13.4. The van der Waals surface area contributed by atoms with E-state index in [1.807, 2.05) is 6.07 Å². The van der Waals surface area contributed by atoms with E-state index in [-0.39, 0.29) is 5.82 Å². The quantitative estimate of drug-likeness (QED) is 0.918. The first-order valence-corrected chi connectivity index (χ1v) is 7.87. The second-order valence-corrected chi connectivity index (χ2v) is 6.58. The van der Waals surface area contributed by atoms with Crippen LogP contribution in [0, 0.1) is 17.7 Å². The fourth-order valence-corrected chi connectivity index (χ4v) is 4.11. The normalized spacial score (nSPS) is 30.8. The Labute approximate surface area is 122 Å². The van der Waals surface area contributed by atoms with Crippen LogP contribution in [0.2, 0.25) is 0 Å². The minimum Gasteiger partial charge on any atom is -0.316 e. The Morgan fingerprint density at radius 2 is 2.26 bits per heavy atom. The molecule has 1 N–H and O–H groups in total. The highest BCUT2D eigenvalue weighted by Crippen LogP contribution is 2.35. The van der Waals surface area contributed by atoms with E-state index in [2.05, 4.69) is 33.1 Å². The summed E-state index contributed by atoms with van der Waals surface area (Å²) in [5.74, 6) is 1.40. The van der Waals surface area contributed by atoms with Crippen molar-refractivity contribution in [3.8, 4) is 0 Å². The van der Waals surface area contributed by atoms with Crippen LogP contribution >= 0.6 is 15.9 Å². The lowest BCUT2D eigenvalue weighted by Crippen LogP contribution is -2.34. The number of likely N-dealkylation sites (tertiary alicyclic amines) is 1. The van der Waals surface area contributed by atoms with Crippen molar-refractivity contribution in [3.63, 3.8) is 0 Å². The summed E-state index contributed by atoms with van der Waals surface area (Å²) in [6.07, 6.45) is 1.18. The van der Waals surface area contributed by atoms with Crippen molar-refractivity contribution in [2.75, 3.05) is 19.6 Å². The molecule has 1 aromatic rings. The molecule has 3 rings (SSSR count). The largest absolute Gasteiger partial charge is 0.316 e. The van der Waals surface area contributed by atoms with E-state index in [1.54, 1.807) is 6.07 Å². The third kappa shape index (κ3) is 2.58. The summed E-state index contributed by atoms with van der Waals surface area (Å²) in [4.78, 5) is 2.54. The van der Waals surface area contributed by atoms with Crippen LogP contribution in [-0.2, 0) is 6.54 Å². The fraction of sp³-hybridized carbons (Fsp3) is 0.600. The number of benzene rings is 1. The van der Waals surface area contributed by atoms with Gasteiger partial charge in [0.2, 0.25) is 0 Å². The molecule has 4 heteroatoms. The summed E-state index contributed by atoms with van der Waals surface area (Å²) < 4.78 is 14.4. The number of hydrogen-bond donors (Lipinski definition) is 1. The van der Waals surface area contributed by atoms with Crippen molar-refractivity contribution in [1.82, 2.24) is 10.2 Å². The predicted molar refractivity (Wildman–Crippen MR) is 78.4 cm³/mol. The van der Waals surface area contributed by atoms with Crippen molar-refractivity contribution in [1.29, 1.82) is 0 Å². The molecular formula is C15H20BrFN2. The topological polar surface area (TPSA) is 15.3 Å². The molecule has 104 valence electrons. The lowest BCUT2D eigenvalue weighted by molar-refractivity contribution is 0.210. The summed E-state index contributed by atoms with van der Waals surface area (Å²) in [6, 6.07) is 5.61. The number of nitrogens with zero attached hydrogens (tertiary/aromatic N) is 1. The minimum absolute atomic E-state index is 0.146. The Kier molecular flexibility index (Phi) is 3.92. The maximum Gasteiger partial charge on any atom is 0.123 e. The second-order valence-electron chi connectivity index (χ2n) is 5.72. The molecule has 19 heavy (non-hydrogen) atoms. The second kappa shape index (κ2) is 5.51. The third-order valence-electron chi connectivity index (χ3n) is 4.62. The average molecular weight is 327 g/mol. The lowest BCUT2D eigenvalue weighted by atomic mass is 9.93. The van der Waals surface area contributed by atoms with Gasteiger partial charge in [0.1, 0.15) is 5.82 Å². The van der Waals surface area contributed by atoms with E-state index in [0.717, 1.165) is 48.1 Å². The number of hydrogen-bond acceptors (Lipinski definition) is 2. The van der Waals surface area contributed by atoms with Crippen molar-refractivity contribution in [2.45, 2.75) is 25.9 Å². The zero-order chi connectivity index (χ0) is 13.4. The van der Waals surface area contributed by atoms with Crippen LogP contribution in [0.15, 0.2) is 22.7 Å². The Hall–Kier alpha value is -0.450. The van der Waals surface area contributed by atoms with Gasteiger partial charge in [0.25, 0.3) is 0 Å². The first-order chi connectivity index (χ1) is 9.19. The molecular weight excluding hydrogens is 307 g/mol. The molecule has 3 atom stereocenters. The number of fused-ring (bicyclic) bond motifs is 1. The Morgan fingerprint density at radius 1 is 1.42 bits per heavy atom. The highest BCUT2D eigenvalue weighted by molar-refractivity contribution is 9.10. The predicted octanol–water partition coefficient (Wildman–Crippen LogP) is 3.02. The van der Waals surface area contributed by atoms with E-state index >= 15 is 0 Å². The molecule has 2 fully saturated rings. The zero-order valence-electron chi connectivity index (χ0n) is 11.2. The van der Waals surface area contributed by atoms with Crippen molar-refractivity contribution < 1.29 is 4.39 Å². The first-order valence-electron chi connectivity index (χ1n) is 7.07. The molecule has 0 aliphatic carbocycles. The standard InChI is InChI=1S/C15H20BrFN2/c1-2-15-13-7-18-6-11(13)9-19(15)8-10-5-12(17)3-4-14(10)16/h3-5,11,13,15,18H,2,6-9H2,1H3. The van der Waals surface area contributed by atoms with Gasteiger partial charge < -0.3 is 5.32 Å². The maximum absolute atomic E-state index is 13.4. The van der Waals surface area contributed by atoms with Gasteiger partial charge in [0.05, 0.1) is 0 Å². The van der Waals surface area contributed by atoms with Crippen LogP contribution in [0.3, 0.4) is 0 Å². The first kappa shape index (κ1) is 13.5. The van der Waals surface area contributed by atoms with E-state index < -0.39 is 0 Å². The molecule has 0 amide bonds. The molecule has 2 aliphatic rings. The van der Waals surface area contributed by atoms with Gasteiger partial charge in [-0.05, 0) is 55.1 Å². The van der Waals surface area contributed by atoms with Gasteiger partial charge in [0, 0.05) is 23.6 Å². The van der Waals surface area contributed by atoms with Crippen LogP contribution in [0.4, 0.5) is 4.39 Å². The molecule has 2 saturated heterocycles. The summed E-state index contributed by atoms with van der Waals surface area (Å²) in [6.45, 7) is 6.54. The van der Waals surface area contributed by atoms with Gasteiger partial charge >= 0.3 is 0 Å². The molecule has 0 bridgehead atoms. The summed E-state index contributed by atoms with van der Waals surface area (Å²) in [7, 11) is 0. The van der Waals surface area contributed by atoms with E-state index in [0.29, 0.717) is 6.04 Å². The highest BCUT2D eigenvalue weighted by Gasteiger charge is 2.42. The van der Waals surface area contributed by atoms with Gasteiger partial charge in [-0.1, -0.05) is 22.9 Å². The van der Waals surface area contributed by atoms with Crippen LogP contribution in [0.5, 0.6) is 0 Å². The Balaban J connectivity index is 1.77. The van der Waals surface area contributed by atoms with Crippen molar-refractivity contribution in [2.24, 2.45) is 11.8 Å². The van der Waals surface area contributed by atoms with Gasteiger partial charge in [-0.25, -0.2) is 4.39 Å². The van der Waals surface area contributed by atoms with Gasteiger partial charge in [0.15, 0.2) is 0 Å². The molecule has 0 radical (unpaired) electrons. The molecule has 0 aromatic heterocycles. The van der Waals surface area contributed by atoms with Crippen LogP contribution in [-0.4, -0.2) is 30.6 Å². The molecule has 0 spiro atoms. The molecule has 3 unspecified atom stereocenters. The average Bonchev–Trinajstić information content (AvgIpc) is 2.94. The Bertz CT molecular complexity index is 465. The van der Waals surface area contributed by atoms with E-state index in [1.165, 1.54) is 12.5 Å². The third-order valence-corrected chi connectivity index (χ3v) is 5.40. The smallest absolute Gasteiger partial charge is 0.123 e. The zero-order valence-corrected chi connectivity index (χ0v) is 12.8.